The number of aromatic nitrogens is 1. The van der Waals surface area contributed by atoms with Crippen LogP contribution in [0.25, 0.3) is 10.2 Å². The highest BCUT2D eigenvalue weighted by atomic mass is 32.1. The number of carbonyl (C=O) groups excluding carboxylic acids is 2. The predicted octanol–water partition coefficient (Wildman–Crippen LogP) is 3.19. The highest BCUT2D eigenvalue weighted by Crippen LogP contribution is 2.28. The smallest absolute Gasteiger partial charge is 0.229 e. The van der Waals surface area contributed by atoms with Crippen molar-refractivity contribution in [2.75, 3.05) is 18.4 Å². The van der Waals surface area contributed by atoms with Crippen molar-refractivity contribution in [2.24, 2.45) is 5.92 Å². The quantitative estimate of drug-likeness (QED) is 0.939. The van der Waals surface area contributed by atoms with E-state index in [9.17, 15) is 9.59 Å². The SMILES string of the molecule is CCC(=O)N1CCC(C(=O)Nc2nc3ccc(C)cc3s2)CC1. The maximum Gasteiger partial charge on any atom is 0.229 e. The second-order valence-electron chi connectivity index (χ2n) is 5.99. The molecule has 2 heterocycles. The molecule has 1 aliphatic heterocycles. The first kappa shape index (κ1) is 15.9. The van der Waals surface area contributed by atoms with Crippen LogP contribution in [0.3, 0.4) is 0 Å². The van der Waals surface area contributed by atoms with Crippen LogP contribution < -0.4 is 5.32 Å². The Morgan fingerprint density at radius 1 is 1.35 bits per heavy atom. The second kappa shape index (κ2) is 6.66. The molecule has 1 aromatic heterocycles. The fraction of sp³-hybridized carbons (Fsp3) is 0.471. The van der Waals surface area contributed by atoms with Crippen LogP contribution in [-0.4, -0.2) is 34.8 Å². The number of amides is 2. The summed E-state index contributed by atoms with van der Waals surface area (Å²) in [6, 6.07) is 6.08. The Morgan fingerprint density at radius 3 is 2.78 bits per heavy atom. The molecule has 122 valence electrons. The van der Waals surface area contributed by atoms with Crippen molar-refractivity contribution in [1.82, 2.24) is 9.88 Å². The molecule has 5 nitrogen and oxygen atoms in total. The normalized spacial score (nSPS) is 15.8. The summed E-state index contributed by atoms with van der Waals surface area (Å²) in [5.74, 6) is 0.152. The summed E-state index contributed by atoms with van der Waals surface area (Å²) in [7, 11) is 0. The minimum absolute atomic E-state index is 0.0179. The van der Waals surface area contributed by atoms with Crippen molar-refractivity contribution in [3.8, 4) is 0 Å². The van der Waals surface area contributed by atoms with E-state index in [1.165, 1.54) is 16.9 Å². The van der Waals surface area contributed by atoms with E-state index in [1.807, 2.05) is 30.9 Å². The van der Waals surface area contributed by atoms with E-state index in [4.69, 9.17) is 0 Å². The van der Waals surface area contributed by atoms with E-state index in [2.05, 4.69) is 16.4 Å². The van der Waals surface area contributed by atoms with Crippen LogP contribution in [0.2, 0.25) is 0 Å². The number of nitrogens with zero attached hydrogens (tertiary/aromatic N) is 2. The topological polar surface area (TPSA) is 62.3 Å². The van der Waals surface area contributed by atoms with Gasteiger partial charge in [0.25, 0.3) is 0 Å². The van der Waals surface area contributed by atoms with Crippen molar-refractivity contribution in [3.05, 3.63) is 23.8 Å². The van der Waals surface area contributed by atoms with E-state index >= 15 is 0 Å². The van der Waals surface area contributed by atoms with Gasteiger partial charge >= 0.3 is 0 Å². The standard InChI is InChI=1S/C17H21N3O2S/c1-3-15(21)20-8-6-12(7-9-20)16(22)19-17-18-13-5-4-11(2)10-14(13)23-17/h4-5,10,12H,3,6-9H2,1-2H3,(H,18,19,22). The average molecular weight is 331 g/mol. The number of rotatable bonds is 3. The van der Waals surface area contributed by atoms with Gasteiger partial charge < -0.3 is 10.2 Å². The number of benzene rings is 1. The maximum atomic E-state index is 12.4. The van der Waals surface area contributed by atoms with Crippen LogP contribution in [0.15, 0.2) is 18.2 Å². The van der Waals surface area contributed by atoms with Crippen LogP contribution in [0, 0.1) is 12.8 Å². The Bertz CT molecular complexity index is 733. The highest BCUT2D eigenvalue weighted by molar-refractivity contribution is 7.22. The van der Waals surface area contributed by atoms with Gasteiger partial charge in [0.05, 0.1) is 10.2 Å². The van der Waals surface area contributed by atoms with Crippen molar-refractivity contribution in [3.63, 3.8) is 0 Å². The van der Waals surface area contributed by atoms with Gasteiger partial charge in [0, 0.05) is 25.4 Å². The number of aryl methyl sites for hydroxylation is 1. The molecule has 2 amide bonds. The molecule has 1 saturated heterocycles. The van der Waals surface area contributed by atoms with E-state index in [-0.39, 0.29) is 17.7 Å². The Morgan fingerprint density at radius 2 is 2.09 bits per heavy atom. The Balaban J connectivity index is 1.61. The number of thiazole rings is 1. The number of carbonyl (C=O) groups is 2. The molecule has 6 heteroatoms. The molecular formula is C17H21N3O2S. The third-order valence-electron chi connectivity index (χ3n) is 4.29. The molecule has 3 rings (SSSR count). The molecule has 0 saturated carbocycles. The third kappa shape index (κ3) is 3.52. The maximum absolute atomic E-state index is 12.4. The average Bonchev–Trinajstić information content (AvgIpc) is 2.95. The number of hydrogen-bond donors (Lipinski definition) is 1. The molecule has 0 radical (unpaired) electrons. The molecule has 2 aromatic rings. The van der Waals surface area contributed by atoms with E-state index in [1.54, 1.807) is 0 Å². The first-order valence-electron chi connectivity index (χ1n) is 8.02. The van der Waals surface area contributed by atoms with Gasteiger partial charge in [0.2, 0.25) is 11.8 Å². The lowest BCUT2D eigenvalue weighted by molar-refractivity contribution is -0.134. The number of nitrogens with one attached hydrogen (secondary N) is 1. The number of fused-ring (bicyclic) bond motifs is 1. The van der Waals surface area contributed by atoms with Gasteiger partial charge in [-0.25, -0.2) is 4.98 Å². The zero-order valence-corrected chi connectivity index (χ0v) is 14.3. The predicted molar refractivity (Wildman–Crippen MR) is 92.6 cm³/mol. The van der Waals surface area contributed by atoms with Crippen LogP contribution in [-0.2, 0) is 9.59 Å². The summed E-state index contributed by atoms with van der Waals surface area (Å²) in [4.78, 5) is 30.4. The molecule has 1 aliphatic rings. The minimum Gasteiger partial charge on any atom is -0.343 e. The van der Waals surface area contributed by atoms with Crippen LogP contribution >= 0.6 is 11.3 Å². The summed E-state index contributed by atoms with van der Waals surface area (Å²) in [5.41, 5.74) is 2.10. The molecule has 0 atom stereocenters. The lowest BCUT2D eigenvalue weighted by atomic mass is 9.96. The first-order valence-corrected chi connectivity index (χ1v) is 8.84. The van der Waals surface area contributed by atoms with Crippen molar-refractivity contribution < 1.29 is 9.59 Å². The summed E-state index contributed by atoms with van der Waals surface area (Å²) in [5, 5.41) is 3.60. The molecule has 1 aromatic carbocycles. The third-order valence-corrected chi connectivity index (χ3v) is 5.23. The summed E-state index contributed by atoms with van der Waals surface area (Å²) in [6.45, 7) is 5.26. The lowest BCUT2D eigenvalue weighted by Gasteiger charge is -2.31. The lowest BCUT2D eigenvalue weighted by Crippen LogP contribution is -2.41. The summed E-state index contributed by atoms with van der Waals surface area (Å²) in [6.07, 6.45) is 1.98. The fourth-order valence-electron chi connectivity index (χ4n) is 2.91. The van der Waals surface area contributed by atoms with E-state index in [0.29, 0.717) is 24.6 Å². The van der Waals surface area contributed by atoms with Gasteiger partial charge in [-0.05, 0) is 37.5 Å². The van der Waals surface area contributed by atoms with Crippen LogP contribution in [0.4, 0.5) is 5.13 Å². The van der Waals surface area contributed by atoms with Gasteiger partial charge in [-0.2, -0.15) is 0 Å². The fourth-order valence-corrected chi connectivity index (χ4v) is 3.87. The van der Waals surface area contributed by atoms with Gasteiger partial charge in [-0.15, -0.1) is 0 Å². The minimum atomic E-state index is -0.0374. The number of likely N-dealkylation sites (tertiary alicyclic amines) is 1. The van der Waals surface area contributed by atoms with Crippen LogP contribution in [0.5, 0.6) is 0 Å². The number of hydrogen-bond acceptors (Lipinski definition) is 4. The van der Waals surface area contributed by atoms with Crippen molar-refractivity contribution >= 4 is 38.5 Å². The largest absolute Gasteiger partial charge is 0.343 e. The number of piperidine rings is 1. The monoisotopic (exact) mass is 331 g/mol. The number of anilines is 1. The molecular weight excluding hydrogens is 310 g/mol. The van der Waals surface area contributed by atoms with Gasteiger partial charge in [0.15, 0.2) is 5.13 Å². The zero-order valence-electron chi connectivity index (χ0n) is 13.5. The molecule has 1 fully saturated rings. The molecule has 0 unspecified atom stereocenters. The van der Waals surface area contributed by atoms with Crippen molar-refractivity contribution in [2.45, 2.75) is 33.1 Å². The summed E-state index contributed by atoms with van der Waals surface area (Å²) < 4.78 is 1.09. The van der Waals surface area contributed by atoms with Gasteiger partial charge in [-0.3, -0.25) is 9.59 Å². The van der Waals surface area contributed by atoms with E-state index in [0.717, 1.165) is 23.1 Å². The Hall–Kier alpha value is -1.95. The van der Waals surface area contributed by atoms with E-state index < -0.39 is 0 Å². The molecule has 23 heavy (non-hydrogen) atoms. The zero-order chi connectivity index (χ0) is 16.4. The van der Waals surface area contributed by atoms with Gasteiger partial charge in [0.1, 0.15) is 0 Å². The molecule has 0 aliphatic carbocycles. The highest BCUT2D eigenvalue weighted by Gasteiger charge is 2.27. The molecule has 0 bridgehead atoms. The Kier molecular flexibility index (Phi) is 4.61. The molecule has 1 N–H and O–H groups in total. The second-order valence-corrected chi connectivity index (χ2v) is 7.02. The van der Waals surface area contributed by atoms with Crippen molar-refractivity contribution in [1.29, 1.82) is 0 Å². The summed E-state index contributed by atoms with van der Waals surface area (Å²) >= 11 is 1.51. The van der Waals surface area contributed by atoms with Gasteiger partial charge in [-0.1, -0.05) is 24.3 Å². The first-order chi connectivity index (χ1) is 11.1. The molecule has 0 spiro atoms. The Labute approximate surface area is 139 Å². The van der Waals surface area contributed by atoms with Crippen LogP contribution in [0.1, 0.15) is 31.7 Å².